The molecule has 5 heteroatoms. The van der Waals surface area contributed by atoms with Gasteiger partial charge >= 0.3 is 36.3 Å². The Morgan fingerprint density at radius 1 is 1.00 bits per heavy atom. The van der Waals surface area contributed by atoms with Gasteiger partial charge in [0.25, 0.3) is 0 Å². The van der Waals surface area contributed by atoms with Crippen molar-refractivity contribution in [1.82, 2.24) is 4.90 Å². The van der Waals surface area contributed by atoms with Crippen molar-refractivity contribution >= 4 is 46.6 Å². The molecular formula is C18H17AgIN2O-. The predicted octanol–water partition coefficient (Wildman–Crippen LogP) is 5.59. The predicted molar refractivity (Wildman–Crippen MR) is 101 cm³/mol. The van der Waals surface area contributed by atoms with Gasteiger partial charge in [0.1, 0.15) is 5.58 Å². The summed E-state index contributed by atoms with van der Waals surface area (Å²) in [7, 11) is 0. The summed E-state index contributed by atoms with van der Waals surface area (Å²) >= 11 is 4.88. The second-order valence-electron chi connectivity index (χ2n) is 5.61. The van der Waals surface area contributed by atoms with E-state index in [-0.39, 0.29) is 0 Å². The molecule has 3 aromatic rings. The average Bonchev–Trinajstić information content (AvgIpc) is 3.21. The Balaban J connectivity index is 0.000000753. The molecule has 0 atom stereocenters. The van der Waals surface area contributed by atoms with E-state index >= 15 is 0 Å². The fourth-order valence-electron chi connectivity index (χ4n) is 2.75. The number of anilines is 1. The fraction of sp³-hybridized carbons (Fsp3) is 0.167. The molecule has 0 N–H and O–H groups in total. The fourth-order valence-corrected chi connectivity index (χ4v) is 2.75. The van der Waals surface area contributed by atoms with Crippen LogP contribution in [0.2, 0.25) is 0 Å². The number of fused-ring (bicyclic) bond motifs is 3. The monoisotopic (exact) mass is 511 g/mol. The first-order chi connectivity index (χ1) is 11.2. The van der Waals surface area contributed by atoms with Gasteiger partial charge in [0.2, 0.25) is 0 Å². The summed E-state index contributed by atoms with van der Waals surface area (Å²) in [4.78, 5) is 4.30. The van der Waals surface area contributed by atoms with Crippen molar-refractivity contribution in [3.8, 4) is 0 Å². The maximum absolute atomic E-state index is 6.08. The summed E-state index contributed by atoms with van der Waals surface area (Å²) in [6, 6.07) is 14.9. The van der Waals surface area contributed by atoms with Crippen molar-refractivity contribution in [3.05, 3.63) is 61.5 Å². The van der Waals surface area contributed by atoms with E-state index in [9.17, 15) is 0 Å². The second-order valence-corrected chi connectivity index (χ2v) is 5.61. The third kappa shape index (κ3) is 3.18. The third-order valence-electron chi connectivity index (χ3n) is 3.92. The normalized spacial score (nSPS) is 14.0. The molecule has 0 unspecified atom stereocenters. The van der Waals surface area contributed by atoms with E-state index in [0.717, 1.165) is 22.2 Å². The molecule has 3 nitrogen and oxygen atoms in total. The summed E-state index contributed by atoms with van der Waals surface area (Å²) in [5, 5.41) is 2.33. The number of benzene rings is 2. The third-order valence-corrected chi connectivity index (χ3v) is 3.92. The van der Waals surface area contributed by atoms with Gasteiger partial charge in [-0.2, -0.15) is 6.67 Å². The van der Waals surface area contributed by atoms with Crippen LogP contribution in [-0.4, -0.2) is 10.9 Å². The van der Waals surface area contributed by atoms with Crippen LogP contribution in [0.15, 0.2) is 59.3 Å². The van der Waals surface area contributed by atoms with Crippen LogP contribution in [0.1, 0.15) is 13.8 Å². The van der Waals surface area contributed by atoms with Crippen LogP contribution >= 0.6 is 19.0 Å². The van der Waals surface area contributed by atoms with Gasteiger partial charge in [-0.1, -0.05) is 30.3 Å². The summed E-state index contributed by atoms with van der Waals surface area (Å²) in [6.07, 6.45) is 4.16. The van der Waals surface area contributed by atoms with E-state index in [1.165, 1.54) is 5.39 Å². The quantitative estimate of drug-likeness (QED) is 0.254. The summed E-state index contributed by atoms with van der Waals surface area (Å²) < 4.78 is 6.08. The van der Waals surface area contributed by atoms with E-state index < -0.39 is 0 Å². The minimum atomic E-state index is 0.445. The number of rotatable bonds is 2. The summed E-state index contributed by atoms with van der Waals surface area (Å²) in [5.74, 6) is 0. The number of hydrogen-bond donors (Lipinski definition) is 0. The van der Waals surface area contributed by atoms with Gasteiger partial charge in [-0.3, -0.25) is 0 Å². The summed E-state index contributed by atoms with van der Waals surface area (Å²) in [5.41, 5.74) is 2.94. The molecule has 0 saturated carbocycles. The van der Waals surface area contributed by atoms with Gasteiger partial charge in [-0.25, -0.2) is 0 Å². The SMILES string of the molecule is CC(C)N1C=CN(c2cccc3c2oc2ccccc23)[CH-]1.[Ag][I]. The molecule has 1 aliphatic rings. The van der Waals surface area contributed by atoms with Crippen LogP contribution in [-0.2, 0) is 17.3 Å². The van der Waals surface area contributed by atoms with Crippen molar-refractivity contribution in [3.63, 3.8) is 0 Å². The molecule has 0 spiro atoms. The van der Waals surface area contributed by atoms with Gasteiger partial charge in [0.05, 0.1) is 5.69 Å². The molecule has 0 amide bonds. The van der Waals surface area contributed by atoms with Crippen LogP contribution in [0.25, 0.3) is 21.9 Å². The zero-order valence-corrected chi connectivity index (χ0v) is 16.5. The molecule has 0 aliphatic carbocycles. The van der Waals surface area contributed by atoms with Crippen molar-refractivity contribution in [2.45, 2.75) is 19.9 Å². The number of furan rings is 1. The first kappa shape index (κ1) is 16.9. The van der Waals surface area contributed by atoms with E-state index in [4.69, 9.17) is 4.42 Å². The molecule has 0 radical (unpaired) electrons. The van der Waals surface area contributed by atoms with Gasteiger partial charge < -0.3 is 14.2 Å². The van der Waals surface area contributed by atoms with E-state index in [2.05, 4.69) is 84.2 Å². The molecule has 2 aromatic carbocycles. The number of para-hydroxylation sites is 2. The molecule has 0 fully saturated rings. The Bertz CT molecular complexity index is 843. The van der Waals surface area contributed by atoms with Crippen LogP contribution in [0, 0.1) is 6.67 Å². The number of nitrogens with zero attached hydrogens (tertiary/aromatic N) is 2. The van der Waals surface area contributed by atoms with E-state index in [0.29, 0.717) is 6.04 Å². The molecule has 124 valence electrons. The Morgan fingerprint density at radius 3 is 2.48 bits per heavy atom. The van der Waals surface area contributed by atoms with Gasteiger partial charge in [0.15, 0.2) is 5.58 Å². The molecule has 1 aliphatic heterocycles. The van der Waals surface area contributed by atoms with Gasteiger partial charge in [-0.15, -0.1) is 0 Å². The standard InChI is InChI=1S/C18H17N2O.Ag.HI/c1-13(2)19-10-11-20(12-19)16-8-5-7-15-14-6-3-4-9-17(14)21-18(15)16;;/h3-13H,1-2H3;;1H/q-1;+1;/p-1. The first-order valence-corrected chi connectivity index (χ1v) is 11.8. The van der Waals surface area contributed by atoms with Crippen molar-refractivity contribution in [2.75, 3.05) is 4.90 Å². The molecule has 2 heterocycles. The maximum atomic E-state index is 6.08. The first-order valence-electron chi connectivity index (χ1n) is 7.35. The molecule has 4 rings (SSSR count). The van der Waals surface area contributed by atoms with E-state index in [1.807, 2.05) is 37.2 Å². The van der Waals surface area contributed by atoms with Gasteiger partial charge in [0, 0.05) is 10.8 Å². The zero-order valence-electron chi connectivity index (χ0n) is 12.8. The zero-order chi connectivity index (χ0) is 16.4. The number of halogens is 1. The van der Waals surface area contributed by atoms with E-state index in [1.54, 1.807) is 0 Å². The average molecular weight is 512 g/mol. The van der Waals surface area contributed by atoms with Crippen LogP contribution in [0.4, 0.5) is 5.69 Å². The van der Waals surface area contributed by atoms with Crippen molar-refractivity contribution in [2.24, 2.45) is 0 Å². The molecule has 1 aromatic heterocycles. The summed E-state index contributed by atoms with van der Waals surface area (Å²) in [6.45, 7) is 6.45. The molecule has 0 bridgehead atoms. The topological polar surface area (TPSA) is 19.6 Å². The van der Waals surface area contributed by atoms with Crippen LogP contribution < -0.4 is 4.90 Å². The van der Waals surface area contributed by atoms with Crippen LogP contribution in [0.5, 0.6) is 0 Å². The van der Waals surface area contributed by atoms with Crippen LogP contribution in [0.3, 0.4) is 0 Å². The Hall–Kier alpha value is -0.950. The molecular weight excluding hydrogens is 495 g/mol. The molecule has 23 heavy (non-hydrogen) atoms. The van der Waals surface area contributed by atoms with Crippen molar-refractivity contribution in [1.29, 1.82) is 0 Å². The Morgan fingerprint density at radius 2 is 1.74 bits per heavy atom. The second kappa shape index (κ2) is 7.30. The Kier molecular flexibility index (Phi) is 5.36. The Labute approximate surface area is 158 Å². The molecule has 0 saturated heterocycles. The van der Waals surface area contributed by atoms with Crippen molar-refractivity contribution < 1.29 is 21.7 Å². The number of hydrogen-bond acceptors (Lipinski definition) is 3. The van der Waals surface area contributed by atoms with Gasteiger partial charge in [-0.05, 0) is 44.4 Å². The minimum absolute atomic E-state index is 0.445.